The lowest BCUT2D eigenvalue weighted by Crippen LogP contribution is -2.41. The van der Waals surface area contributed by atoms with Gasteiger partial charge in [-0.2, -0.15) is 0 Å². The summed E-state index contributed by atoms with van der Waals surface area (Å²) < 4.78 is 9.97. The lowest BCUT2D eigenvalue weighted by atomic mass is 10.2. The maximum atomic E-state index is 12.2. The number of hydrogen-bond acceptors (Lipinski definition) is 6. The number of amides is 1. The zero-order valence-corrected chi connectivity index (χ0v) is 12.6. The third-order valence-electron chi connectivity index (χ3n) is 3.41. The molecule has 1 aliphatic heterocycles. The fourth-order valence-electron chi connectivity index (χ4n) is 2.37. The van der Waals surface area contributed by atoms with Gasteiger partial charge in [0.05, 0.1) is 20.8 Å². The number of likely N-dealkylation sites (tertiary alicyclic amines) is 1. The van der Waals surface area contributed by atoms with Crippen molar-refractivity contribution in [3.8, 4) is 0 Å². The molecule has 22 heavy (non-hydrogen) atoms. The van der Waals surface area contributed by atoms with Gasteiger partial charge in [-0.1, -0.05) is 30.3 Å². The lowest BCUT2D eigenvalue weighted by Gasteiger charge is -2.21. The number of carbonyl (C=O) groups excluding carboxylic acids is 2. The predicted octanol–water partition coefficient (Wildman–Crippen LogP) is 1.52. The van der Waals surface area contributed by atoms with Crippen LogP contribution >= 0.6 is 0 Å². The Morgan fingerprint density at radius 2 is 1.95 bits per heavy atom. The van der Waals surface area contributed by atoms with Crippen molar-refractivity contribution in [2.75, 3.05) is 20.8 Å². The Kier molecular flexibility index (Phi) is 5.74. The monoisotopic (exact) mass is 309 g/mol. The van der Waals surface area contributed by atoms with Crippen molar-refractivity contribution in [1.82, 2.24) is 4.90 Å². The third-order valence-corrected chi connectivity index (χ3v) is 3.41. The van der Waals surface area contributed by atoms with Gasteiger partial charge in [0.15, 0.2) is 0 Å². The highest BCUT2D eigenvalue weighted by molar-refractivity contribution is 5.82. The molecule has 1 aromatic carbocycles. The molecule has 2 atom stereocenters. The molecule has 1 fully saturated rings. The summed E-state index contributed by atoms with van der Waals surface area (Å²) in [5, 5.41) is 0. The van der Waals surface area contributed by atoms with E-state index in [1.807, 2.05) is 30.3 Å². The van der Waals surface area contributed by atoms with Crippen molar-refractivity contribution >= 4 is 12.1 Å². The number of nitrogens with zero attached hydrogens (tertiary/aromatic N) is 1. The van der Waals surface area contributed by atoms with Crippen LogP contribution in [0.15, 0.2) is 30.3 Å². The number of methoxy groups -OCH3 is 1. The molecular formula is C15H19NO6. The Morgan fingerprint density at radius 3 is 2.59 bits per heavy atom. The van der Waals surface area contributed by atoms with Crippen LogP contribution in [0.4, 0.5) is 4.79 Å². The Morgan fingerprint density at radius 1 is 1.23 bits per heavy atom. The molecule has 0 N–H and O–H groups in total. The molecule has 0 saturated carbocycles. The molecular weight excluding hydrogens is 290 g/mol. The summed E-state index contributed by atoms with van der Waals surface area (Å²) in [4.78, 5) is 34.9. The normalized spacial score (nSPS) is 20.7. The predicted molar refractivity (Wildman–Crippen MR) is 75.6 cm³/mol. The Bertz CT molecular complexity index is 506. The highest BCUT2D eigenvalue weighted by Crippen LogP contribution is 2.23. The van der Waals surface area contributed by atoms with Gasteiger partial charge in [-0.25, -0.2) is 19.4 Å². The summed E-state index contributed by atoms with van der Waals surface area (Å²) in [6, 6.07) is 8.58. The molecule has 1 aliphatic rings. The number of benzene rings is 1. The second-order valence-corrected chi connectivity index (χ2v) is 4.85. The van der Waals surface area contributed by atoms with E-state index < -0.39 is 24.2 Å². The van der Waals surface area contributed by atoms with Crippen LogP contribution in [0.2, 0.25) is 0 Å². The maximum Gasteiger partial charge on any atom is 0.410 e. The molecule has 0 unspecified atom stereocenters. The van der Waals surface area contributed by atoms with Gasteiger partial charge in [-0.05, 0) is 5.56 Å². The molecule has 0 bridgehead atoms. The first kappa shape index (κ1) is 16.3. The van der Waals surface area contributed by atoms with Gasteiger partial charge in [0.2, 0.25) is 0 Å². The van der Waals surface area contributed by atoms with Crippen LogP contribution < -0.4 is 0 Å². The van der Waals surface area contributed by atoms with E-state index in [9.17, 15) is 9.59 Å². The van der Waals surface area contributed by atoms with E-state index in [-0.39, 0.29) is 13.2 Å². The number of ether oxygens (including phenoxy) is 2. The third kappa shape index (κ3) is 3.96. The largest absolute Gasteiger partial charge is 0.467 e. The smallest absolute Gasteiger partial charge is 0.410 e. The van der Waals surface area contributed by atoms with Gasteiger partial charge in [0.1, 0.15) is 18.8 Å². The van der Waals surface area contributed by atoms with Crippen LogP contribution in [0, 0.1) is 0 Å². The van der Waals surface area contributed by atoms with Crippen molar-refractivity contribution in [1.29, 1.82) is 0 Å². The van der Waals surface area contributed by atoms with E-state index >= 15 is 0 Å². The van der Waals surface area contributed by atoms with Crippen LogP contribution in [0.25, 0.3) is 0 Å². The minimum atomic E-state index is -0.728. The number of rotatable bonds is 5. The second kappa shape index (κ2) is 7.77. The van der Waals surface area contributed by atoms with Gasteiger partial charge in [0.25, 0.3) is 0 Å². The quantitative estimate of drug-likeness (QED) is 0.466. The minimum Gasteiger partial charge on any atom is -0.467 e. The minimum absolute atomic E-state index is 0.139. The van der Waals surface area contributed by atoms with E-state index in [1.54, 1.807) is 0 Å². The number of hydrogen-bond donors (Lipinski definition) is 0. The van der Waals surface area contributed by atoms with E-state index in [0.29, 0.717) is 6.42 Å². The summed E-state index contributed by atoms with van der Waals surface area (Å²) in [5.74, 6) is -0.501. The molecule has 7 heteroatoms. The summed E-state index contributed by atoms with van der Waals surface area (Å²) in [6.07, 6.45) is -0.666. The Labute approximate surface area is 128 Å². The standard InChI is InChI=1S/C15H19NO6/c1-19-14(17)13-8-12(22-20-2)9-16(13)15(18)21-10-11-6-4-3-5-7-11/h3-7,12-13H,8-10H2,1-2H3/t12-,13-/m1/s1. The van der Waals surface area contributed by atoms with Gasteiger partial charge >= 0.3 is 12.1 Å². The van der Waals surface area contributed by atoms with Crippen molar-refractivity contribution in [2.45, 2.75) is 25.2 Å². The zero-order chi connectivity index (χ0) is 15.9. The molecule has 120 valence electrons. The molecule has 1 heterocycles. The fourth-order valence-corrected chi connectivity index (χ4v) is 2.37. The van der Waals surface area contributed by atoms with E-state index in [4.69, 9.17) is 14.4 Å². The van der Waals surface area contributed by atoms with E-state index in [2.05, 4.69) is 4.89 Å². The van der Waals surface area contributed by atoms with Crippen molar-refractivity contribution in [3.05, 3.63) is 35.9 Å². The van der Waals surface area contributed by atoms with Gasteiger partial charge in [0, 0.05) is 6.42 Å². The molecule has 1 aromatic rings. The molecule has 1 saturated heterocycles. The van der Waals surface area contributed by atoms with E-state index in [1.165, 1.54) is 19.1 Å². The second-order valence-electron chi connectivity index (χ2n) is 4.85. The summed E-state index contributed by atoms with van der Waals surface area (Å²) in [6.45, 7) is 0.348. The highest BCUT2D eigenvalue weighted by atomic mass is 17.2. The Balaban J connectivity index is 1.97. The molecule has 0 aromatic heterocycles. The maximum absolute atomic E-state index is 12.2. The van der Waals surface area contributed by atoms with Crippen LogP contribution in [0.3, 0.4) is 0 Å². The Hall–Kier alpha value is -2.12. The lowest BCUT2D eigenvalue weighted by molar-refractivity contribution is -0.300. The first-order valence-corrected chi connectivity index (χ1v) is 6.90. The van der Waals surface area contributed by atoms with Gasteiger partial charge in [-0.3, -0.25) is 4.90 Å². The molecule has 0 aliphatic carbocycles. The molecule has 0 spiro atoms. The highest BCUT2D eigenvalue weighted by Gasteiger charge is 2.42. The van der Waals surface area contributed by atoms with Crippen LogP contribution in [0.5, 0.6) is 0 Å². The van der Waals surface area contributed by atoms with Crippen molar-refractivity contribution in [2.24, 2.45) is 0 Å². The first-order valence-electron chi connectivity index (χ1n) is 6.90. The van der Waals surface area contributed by atoms with Crippen LogP contribution in [-0.4, -0.2) is 49.9 Å². The van der Waals surface area contributed by atoms with Gasteiger partial charge in [-0.15, -0.1) is 0 Å². The summed E-state index contributed by atoms with van der Waals surface area (Å²) >= 11 is 0. The molecule has 2 rings (SSSR count). The SMILES string of the molecule is COO[C@@H]1C[C@H](C(=O)OC)N(C(=O)OCc2ccccc2)C1. The number of esters is 1. The average Bonchev–Trinajstić information content (AvgIpc) is 2.97. The van der Waals surface area contributed by atoms with Crippen LogP contribution in [-0.2, 0) is 30.7 Å². The van der Waals surface area contributed by atoms with Crippen molar-refractivity contribution < 1.29 is 28.8 Å². The summed E-state index contributed by atoms with van der Waals surface area (Å²) in [5.41, 5.74) is 0.870. The topological polar surface area (TPSA) is 74.3 Å². The van der Waals surface area contributed by atoms with Crippen LogP contribution in [0.1, 0.15) is 12.0 Å². The zero-order valence-electron chi connectivity index (χ0n) is 12.6. The molecule has 7 nitrogen and oxygen atoms in total. The average molecular weight is 309 g/mol. The molecule has 1 amide bonds. The van der Waals surface area contributed by atoms with E-state index in [0.717, 1.165) is 5.56 Å². The summed E-state index contributed by atoms with van der Waals surface area (Å²) in [7, 11) is 2.66. The van der Waals surface area contributed by atoms with Gasteiger partial charge < -0.3 is 9.47 Å². The fraction of sp³-hybridized carbons (Fsp3) is 0.467. The number of carbonyl (C=O) groups is 2. The molecule has 0 radical (unpaired) electrons. The van der Waals surface area contributed by atoms with Crippen molar-refractivity contribution in [3.63, 3.8) is 0 Å². The first-order chi connectivity index (χ1) is 10.7.